The van der Waals surface area contributed by atoms with Gasteiger partial charge in [0.1, 0.15) is 17.8 Å². The summed E-state index contributed by atoms with van der Waals surface area (Å²) in [6.07, 6.45) is 7.10. The summed E-state index contributed by atoms with van der Waals surface area (Å²) in [4.78, 5) is 25.0. The predicted molar refractivity (Wildman–Crippen MR) is 136 cm³/mol. The molecule has 0 saturated carbocycles. The Morgan fingerprint density at radius 1 is 1.17 bits per heavy atom. The van der Waals surface area contributed by atoms with Crippen molar-refractivity contribution in [1.82, 2.24) is 25.0 Å². The molecule has 2 aromatic carbocycles. The Kier molecular flexibility index (Phi) is 6.37. The second kappa shape index (κ2) is 9.76. The summed E-state index contributed by atoms with van der Waals surface area (Å²) >= 11 is 0. The zero-order valence-corrected chi connectivity index (χ0v) is 20.2. The van der Waals surface area contributed by atoms with Crippen molar-refractivity contribution in [2.75, 3.05) is 26.7 Å². The third-order valence-corrected chi connectivity index (χ3v) is 6.27. The molecule has 3 heterocycles. The van der Waals surface area contributed by atoms with E-state index in [1.165, 1.54) is 6.33 Å². The van der Waals surface area contributed by atoms with Crippen molar-refractivity contribution >= 4 is 33.8 Å². The summed E-state index contributed by atoms with van der Waals surface area (Å²) in [5.74, 6) is 1.70. The van der Waals surface area contributed by atoms with E-state index < -0.39 is 0 Å². The molecular formula is C27H29N5O3. The van der Waals surface area contributed by atoms with Crippen LogP contribution < -0.4 is 9.47 Å². The van der Waals surface area contributed by atoms with Crippen molar-refractivity contribution in [2.24, 2.45) is 0 Å². The van der Waals surface area contributed by atoms with Gasteiger partial charge < -0.3 is 14.5 Å². The highest BCUT2D eigenvalue weighted by Crippen LogP contribution is 2.33. The number of hydrogen-bond acceptors (Lipinski definition) is 6. The molecule has 0 aliphatic carbocycles. The van der Waals surface area contributed by atoms with E-state index in [1.807, 2.05) is 44.2 Å². The highest BCUT2D eigenvalue weighted by Gasteiger charge is 2.21. The number of hydrogen-bond donors (Lipinski definition) is 1. The van der Waals surface area contributed by atoms with Crippen LogP contribution in [0, 0.1) is 6.92 Å². The second-order valence-electron chi connectivity index (χ2n) is 8.64. The molecule has 1 fully saturated rings. The topological polar surface area (TPSA) is 83.6 Å². The summed E-state index contributed by atoms with van der Waals surface area (Å²) in [7, 11) is 1.61. The van der Waals surface area contributed by atoms with Gasteiger partial charge in [0, 0.05) is 47.9 Å². The average Bonchev–Trinajstić information content (AvgIpc) is 3.51. The summed E-state index contributed by atoms with van der Waals surface area (Å²) in [5, 5.41) is 5.72. The number of nitrogens with zero attached hydrogens (tertiary/aromatic N) is 4. The normalized spacial score (nSPS) is 14.3. The zero-order chi connectivity index (χ0) is 24.4. The summed E-state index contributed by atoms with van der Waals surface area (Å²) in [6, 6.07) is 11.7. The zero-order valence-electron chi connectivity index (χ0n) is 20.2. The van der Waals surface area contributed by atoms with Crippen LogP contribution in [0.3, 0.4) is 0 Å². The number of carbonyl (C=O) groups excluding carboxylic acids is 1. The van der Waals surface area contributed by atoms with Gasteiger partial charge in [-0.25, -0.2) is 15.0 Å². The van der Waals surface area contributed by atoms with Crippen LogP contribution >= 0.6 is 0 Å². The molecule has 0 radical (unpaired) electrons. The molecule has 1 N–H and O–H groups in total. The van der Waals surface area contributed by atoms with Gasteiger partial charge in [-0.2, -0.15) is 0 Å². The number of ether oxygens (including phenoxy) is 2. The number of aromatic nitrogens is 3. The molecule has 180 valence electrons. The Balaban J connectivity index is 1.43. The SMILES string of the molecule is CCN(C(=O)C=Cc1cc2ncnc(Oc3ccc4[nH]c(C)cc4c3)c2cc1OC)N1CCCC1. The maximum Gasteiger partial charge on any atom is 0.260 e. The molecule has 0 atom stereocenters. The van der Waals surface area contributed by atoms with Gasteiger partial charge in [0.2, 0.25) is 5.88 Å². The maximum atomic E-state index is 12.9. The molecule has 0 unspecified atom stereocenters. The van der Waals surface area contributed by atoms with E-state index in [-0.39, 0.29) is 5.91 Å². The van der Waals surface area contributed by atoms with Crippen molar-refractivity contribution in [1.29, 1.82) is 0 Å². The first-order chi connectivity index (χ1) is 17.1. The Hall–Kier alpha value is -3.91. The number of aryl methyl sites for hydroxylation is 1. The molecule has 1 aliphatic rings. The number of likely N-dealkylation sites (N-methyl/N-ethyl adjacent to an activating group) is 1. The van der Waals surface area contributed by atoms with Crippen LogP contribution in [0.4, 0.5) is 0 Å². The number of nitrogens with one attached hydrogen (secondary N) is 1. The van der Waals surface area contributed by atoms with Gasteiger partial charge in [-0.15, -0.1) is 0 Å². The number of amides is 1. The number of H-pyrrole nitrogens is 1. The largest absolute Gasteiger partial charge is 0.496 e. The molecule has 4 aromatic rings. The van der Waals surface area contributed by atoms with Crippen molar-refractivity contribution in [3.63, 3.8) is 0 Å². The van der Waals surface area contributed by atoms with E-state index >= 15 is 0 Å². The number of carbonyl (C=O) groups is 1. The molecule has 8 heteroatoms. The van der Waals surface area contributed by atoms with Crippen molar-refractivity contribution < 1.29 is 14.3 Å². The third-order valence-electron chi connectivity index (χ3n) is 6.27. The number of hydrazine groups is 1. The van der Waals surface area contributed by atoms with Crippen molar-refractivity contribution in [3.8, 4) is 17.4 Å². The fourth-order valence-corrected chi connectivity index (χ4v) is 4.58. The number of rotatable bonds is 7. The smallest absolute Gasteiger partial charge is 0.260 e. The van der Waals surface area contributed by atoms with E-state index in [4.69, 9.17) is 9.47 Å². The molecule has 1 aliphatic heterocycles. The molecule has 0 bridgehead atoms. The van der Waals surface area contributed by atoms with Gasteiger partial charge in [0.25, 0.3) is 5.91 Å². The minimum Gasteiger partial charge on any atom is -0.496 e. The highest BCUT2D eigenvalue weighted by molar-refractivity contribution is 5.94. The molecule has 1 amide bonds. The maximum absolute atomic E-state index is 12.9. The van der Waals surface area contributed by atoms with E-state index in [0.717, 1.165) is 53.5 Å². The van der Waals surface area contributed by atoms with Crippen LogP contribution in [0.15, 0.2) is 48.8 Å². The van der Waals surface area contributed by atoms with Crippen LogP contribution in [-0.4, -0.2) is 57.6 Å². The quantitative estimate of drug-likeness (QED) is 0.378. The standard InChI is InChI=1S/C27H29N5O3/c1-4-32(31-11-5-6-12-31)26(33)10-7-19-15-24-22(16-25(19)34-3)27(29-17-28-24)35-21-8-9-23-20(14-21)13-18(2)30-23/h7-10,13-17,30H,4-6,11-12H2,1-3H3. The number of methoxy groups -OCH3 is 1. The van der Waals surface area contributed by atoms with Gasteiger partial charge in [-0.3, -0.25) is 9.80 Å². The lowest BCUT2D eigenvalue weighted by Gasteiger charge is -2.29. The summed E-state index contributed by atoms with van der Waals surface area (Å²) in [5.41, 5.74) is 3.62. The number of fused-ring (bicyclic) bond motifs is 2. The van der Waals surface area contributed by atoms with Crippen LogP contribution in [0.25, 0.3) is 27.9 Å². The lowest BCUT2D eigenvalue weighted by molar-refractivity contribution is -0.140. The van der Waals surface area contributed by atoms with Crippen LogP contribution in [-0.2, 0) is 4.79 Å². The highest BCUT2D eigenvalue weighted by atomic mass is 16.5. The van der Waals surface area contributed by atoms with Gasteiger partial charge in [-0.1, -0.05) is 0 Å². The molecule has 8 nitrogen and oxygen atoms in total. The lowest BCUT2D eigenvalue weighted by Crippen LogP contribution is -2.43. The van der Waals surface area contributed by atoms with Crippen LogP contribution in [0.5, 0.6) is 17.4 Å². The van der Waals surface area contributed by atoms with Gasteiger partial charge in [0.15, 0.2) is 0 Å². The average molecular weight is 472 g/mol. The fraction of sp³-hybridized carbons (Fsp3) is 0.296. The van der Waals surface area contributed by atoms with E-state index in [2.05, 4.69) is 26.0 Å². The predicted octanol–water partition coefficient (Wildman–Crippen LogP) is 5.09. The third kappa shape index (κ3) is 4.70. The number of aromatic amines is 1. The van der Waals surface area contributed by atoms with Gasteiger partial charge in [0.05, 0.1) is 18.0 Å². The second-order valence-corrected chi connectivity index (χ2v) is 8.64. The van der Waals surface area contributed by atoms with E-state index in [9.17, 15) is 4.79 Å². The Labute approximate surface area is 204 Å². The Morgan fingerprint density at radius 3 is 2.77 bits per heavy atom. The van der Waals surface area contributed by atoms with Crippen molar-refractivity contribution in [3.05, 3.63) is 60.1 Å². The van der Waals surface area contributed by atoms with Gasteiger partial charge in [-0.05, 0) is 69.2 Å². The summed E-state index contributed by atoms with van der Waals surface area (Å²) in [6.45, 7) is 6.50. The molecule has 1 saturated heterocycles. The Morgan fingerprint density at radius 2 is 2.00 bits per heavy atom. The molecular weight excluding hydrogens is 442 g/mol. The first kappa shape index (κ1) is 22.9. The van der Waals surface area contributed by atoms with E-state index in [1.54, 1.807) is 24.3 Å². The first-order valence-electron chi connectivity index (χ1n) is 11.9. The fourth-order valence-electron chi connectivity index (χ4n) is 4.58. The first-order valence-corrected chi connectivity index (χ1v) is 11.9. The lowest BCUT2D eigenvalue weighted by atomic mass is 10.1. The molecule has 2 aromatic heterocycles. The molecule has 35 heavy (non-hydrogen) atoms. The van der Waals surface area contributed by atoms with Crippen LogP contribution in [0.1, 0.15) is 31.0 Å². The number of benzene rings is 2. The monoisotopic (exact) mass is 471 g/mol. The van der Waals surface area contributed by atoms with Crippen LogP contribution in [0.2, 0.25) is 0 Å². The Bertz CT molecular complexity index is 1400. The minimum absolute atomic E-state index is 0.0429. The molecule has 0 spiro atoms. The van der Waals surface area contributed by atoms with Gasteiger partial charge >= 0.3 is 0 Å². The summed E-state index contributed by atoms with van der Waals surface area (Å²) < 4.78 is 11.8. The van der Waals surface area contributed by atoms with E-state index in [0.29, 0.717) is 29.4 Å². The molecule has 5 rings (SSSR count). The minimum atomic E-state index is -0.0429. The van der Waals surface area contributed by atoms with Crippen molar-refractivity contribution in [2.45, 2.75) is 26.7 Å².